The average molecular weight is 227 g/mol. The highest BCUT2D eigenvalue weighted by Gasteiger charge is 2.04. The number of furan rings is 1. The zero-order valence-corrected chi connectivity index (χ0v) is 10.6. The predicted molar refractivity (Wildman–Crippen MR) is 67.2 cm³/mol. The van der Waals surface area contributed by atoms with Gasteiger partial charge in [-0.25, -0.2) is 0 Å². The molecule has 0 spiro atoms. The van der Waals surface area contributed by atoms with Gasteiger partial charge in [-0.1, -0.05) is 13.8 Å². The van der Waals surface area contributed by atoms with Gasteiger partial charge in [-0.05, 0) is 25.0 Å². The van der Waals surface area contributed by atoms with Crippen LogP contribution in [-0.4, -0.2) is 18.3 Å². The lowest BCUT2D eigenvalue weighted by Crippen LogP contribution is -2.32. The van der Waals surface area contributed by atoms with Crippen LogP contribution in [0.2, 0.25) is 0 Å². The molecule has 0 saturated heterocycles. The Hall–Kier alpha value is -0.410. The molecule has 0 bridgehead atoms. The van der Waals surface area contributed by atoms with Crippen LogP contribution in [0.15, 0.2) is 22.8 Å². The van der Waals surface area contributed by atoms with E-state index in [4.69, 9.17) is 4.42 Å². The van der Waals surface area contributed by atoms with Crippen LogP contribution in [0, 0.1) is 5.92 Å². The second-order valence-corrected chi connectivity index (χ2v) is 5.22. The fraction of sp³-hybridized carbons (Fsp3) is 0.667. The minimum atomic E-state index is 0.606. The normalized spacial score (nSPS) is 13.3. The molecule has 15 heavy (non-hydrogen) atoms. The van der Waals surface area contributed by atoms with Gasteiger partial charge in [0.05, 0.1) is 12.0 Å². The Morgan fingerprint density at radius 2 is 2.20 bits per heavy atom. The van der Waals surface area contributed by atoms with E-state index in [2.05, 4.69) is 26.1 Å². The maximum Gasteiger partial charge on any atom is 0.113 e. The van der Waals surface area contributed by atoms with E-state index in [1.165, 1.54) is 0 Å². The fourth-order valence-corrected chi connectivity index (χ4v) is 1.93. The Labute approximate surface area is 96.8 Å². The van der Waals surface area contributed by atoms with Crippen molar-refractivity contribution in [1.29, 1.82) is 0 Å². The Bertz CT molecular complexity index is 246. The van der Waals surface area contributed by atoms with E-state index in [1.54, 1.807) is 6.26 Å². The largest absolute Gasteiger partial charge is 0.468 e. The van der Waals surface area contributed by atoms with Gasteiger partial charge in [0.1, 0.15) is 5.76 Å². The standard InChI is InChI=1S/C12H21NOS/c1-10(2)11(3)13-6-8-15-9-12-5-4-7-14-12/h4-5,7,10-11,13H,6,8-9H2,1-3H3. The minimum absolute atomic E-state index is 0.606. The molecule has 3 heteroatoms. The van der Waals surface area contributed by atoms with E-state index >= 15 is 0 Å². The van der Waals surface area contributed by atoms with Crippen LogP contribution in [-0.2, 0) is 5.75 Å². The first-order valence-electron chi connectivity index (χ1n) is 5.53. The summed E-state index contributed by atoms with van der Waals surface area (Å²) in [7, 11) is 0. The molecule has 0 amide bonds. The van der Waals surface area contributed by atoms with E-state index in [1.807, 2.05) is 23.9 Å². The summed E-state index contributed by atoms with van der Waals surface area (Å²) in [6, 6.07) is 4.57. The monoisotopic (exact) mass is 227 g/mol. The van der Waals surface area contributed by atoms with Crippen LogP contribution >= 0.6 is 11.8 Å². The molecule has 1 rings (SSSR count). The van der Waals surface area contributed by atoms with Crippen LogP contribution < -0.4 is 5.32 Å². The topological polar surface area (TPSA) is 25.2 Å². The van der Waals surface area contributed by atoms with Crippen molar-refractivity contribution in [3.05, 3.63) is 24.2 Å². The highest BCUT2D eigenvalue weighted by Crippen LogP contribution is 2.11. The van der Waals surface area contributed by atoms with E-state index in [0.717, 1.165) is 23.8 Å². The molecule has 0 radical (unpaired) electrons. The molecular formula is C12H21NOS. The summed E-state index contributed by atoms with van der Waals surface area (Å²) in [4.78, 5) is 0. The smallest absolute Gasteiger partial charge is 0.113 e. The third-order valence-corrected chi connectivity index (χ3v) is 3.52. The number of hydrogen-bond donors (Lipinski definition) is 1. The number of hydrogen-bond acceptors (Lipinski definition) is 3. The lowest BCUT2D eigenvalue weighted by atomic mass is 10.1. The molecule has 1 aromatic heterocycles. The molecule has 0 aliphatic heterocycles. The van der Waals surface area contributed by atoms with E-state index < -0.39 is 0 Å². The molecule has 1 atom stereocenters. The summed E-state index contributed by atoms with van der Waals surface area (Å²) in [5.41, 5.74) is 0. The van der Waals surface area contributed by atoms with Crippen molar-refractivity contribution in [3.63, 3.8) is 0 Å². The Morgan fingerprint density at radius 3 is 2.80 bits per heavy atom. The highest BCUT2D eigenvalue weighted by molar-refractivity contribution is 7.98. The summed E-state index contributed by atoms with van der Waals surface area (Å²) in [5.74, 6) is 3.89. The fourth-order valence-electron chi connectivity index (χ4n) is 1.16. The molecule has 1 unspecified atom stereocenters. The van der Waals surface area contributed by atoms with Crippen molar-refractivity contribution >= 4 is 11.8 Å². The Kier molecular flexibility index (Phi) is 5.88. The molecule has 86 valence electrons. The van der Waals surface area contributed by atoms with Crippen LogP contribution in [0.25, 0.3) is 0 Å². The van der Waals surface area contributed by atoms with E-state index in [9.17, 15) is 0 Å². The first kappa shape index (κ1) is 12.7. The second kappa shape index (κ2) is 6.96. The van der Waals surface area contributed by atoms with Gasteiger partial charge in [0.25, 0.3) is 0 Å². The molecule has 0 saturated carbocycles. The molecule has 1 N–H and O–H groups in total. The van der Waals surface area contributed by atoms with Crippen molar-refractivity contribution in [2.45, 2.75) is 32.6 Å². The molecule has 2 nitrogen and oxygen atoms in total. The Balaban J connectivity index is 1.98. The number of rotatable bonds is 7. The molecule has 0 fully saturated rings. The van der Waals surface area contributed by atoms with Gasteiger partial charge in [0, 0.05) is 18.3 Å². The van der Waals surface area contributed by atoms with E-state index in [0.29, 0.717) is 12.0 Å². The van der Waals surface area contributed by atoms with Crippen LogP contribution in [0.4, 0.5) is 0 Å². The molecule has 1 aromatic rings. The van der Waals surface area contributed by atoms with Crippen molar-refractivity contribution in [1.82, 2.24) is 5.32 Å². The lowest BCUT2D eigenvalue weighted by molar-refractivity contribution is 0.438. The predicted octanol–water partition coefficient (Wildman–Crippen LogP) is 3.15. The van der Waals surface area contributed by atoms with E-state index in [-0.39, 0.29) is 0 Å². The average Bonchev–Trinajstić information content (AvgIpc) is 2.69. The molecule has 0 aliphatic rings. The lowest BCUT2D eigenvalue weighted by Gasteiger charge is -2.16. The van der Waals surface area contributed by atoms with Gasteiger partial charge in [-0.15, -0.1) is 0 Å². The summed E-state index contributed by atoms with van der Waals surface area (Å²) < 4.78 is 5.26. The van der Waals surface area contributed by atoms with Gasteiger partial charge in [0.15, 0.2) is 0 Å². The third-order valence-electron chi connectivity index (χ3n) is 2.54. The maximum absolute atomic E-state index is 5.26. The molecule has 0 aliphatic carbocycles. The first-order chi connectivity index (χ1) is 7.20. The van der Waals surface area contributed by atoms with Gasteiger partial charge in [-0.3, -0.25) is 0 Å². The minimum Gasteiger partial charge on any atom is -0.468 e. The summed E-state index contributed by atoms with van der Waals surface area (Å²) in [5, 5.41) is 3.51. The van der Waals surface area contributed by atoms with Crippen LogP contribution in [0.3, 0.4) is 0 Å². The van der Waals surface area contributed by atoms with Crippen molar-refractivity contribution in [2.75, 3.05) is 12.3 Å². The third kappa shape index (κ3) is 5.28. The maximum atomic E-state index is 5.26. The SMILES string of the molecule is CC(C)C(C)NCCSCc1ccco1. The number of nitrogens with one attached hydrogen (secondary N) is 1. The molecule has 1 heterocycles. The molecule has 0 aromatic carbocycles. The van der Waals surface area contributed by atoms with Crippen molar-refractivity contribution in [3.8, 4) is 0 Å². The quantitative estimate of drug-likeness (QED) is 0.724. The first-order valence-corrected chi connectivity index (χ1v) is 6.69. The van der Waals surface area contributed by atoms with Crippen LogP contribution in [0.1, 0.15) is 26.5 Å². The van der Waals surface area contributed by atoms with Gasteiger partial charge >= 0.3 is 0 Å². The van der Waals surface area contributed by atoms with Gasteiger partial charge in [-0.2, -0.15) is 11.8 Å². The molecular weight excluding hydrogens is 206 g/mol. The van der Waals surface area contributed by atoms with Gasteiger partial charge in [0.2, 0.25) is 0 Å². The van der Waals surface area contributed by atoms with Crippen molar-refractivity contribution < 1.29 is 4.42 Å². The summed E-state index contributed by atoms with van der Waals surface area (Å²) >= 11 is 1.91. The van der Waals surface area contributed by atoms with Crippen molar-refractivity contribution in [2.24, 2.45) is 5.92 Å². The van der Waals surface area contributed by atoms with Gasteiger partial charge < -0.3 is 9.73 Å². The zero-order valence-electron chi connectivity index (χ0n) is 9.82. The van der Waals surface area contributed by atoms with Crippen LogP contribution in [0.5, 0.6) is 0 Å². The summed E-state index contributed by atoms with van der Waals surface area (Å²) in [6.45, 7) is 7.80. The zero-order chi connectivity index (χ0) is 11.1. The highest BCUT2D eigenvalue weighted by atomic mass is 32.2. The summed E-state index contributed by atoms with van der Waals surface area (Å²) in [6.07, 6.45) is 1.73. The second-order valence-electron chi connectivity index (χ2n) is 4.12. The Morgan fingerprint density at radius 1 is 1.40 bits per heavy atom. The number of thioether (sulfide) groups is 1.